The van der Waals surface area contributed by atoms with Crippen LogP contribution in [0.25, 0.3) is 22.2 Å². The van der Waals surface area contributed by atoms with Crippen LogP contribution in [0.2, 0.25) is 0 Å². The molecule has 5 atom stereocenters. The topological polar surface area (TPSA) is 45.6 Å². The third kappa shape index (κ3) is 3.70. The fourth-order valence-electron chi connectivity index (χ4n) is 5.55. The van der Waals surface area contributed by atoms with Crippen LogP contribution in [0.4, 0.5) is 4.39 Å². The van der Waals surface area contributed by atoms with Crippen molar-refractivity contribution in [1.29, 1.82) is 0 Å². The number of hydrogen-bond acceptors (Lipinski definition) is 4. The minimum Gasteiger partial charge on any atom is -0.497 e. The number of benzene rings is 2. The van der Waals surface area contributed by atoms with Crippen molar-refractivity contribution in [3.05, 3.63) is 59.9 Å². The number of aliphatic hydroxyl groups excluding tert-OH is 1. The molecule has 3 aliphatic heterocycles. The van der Waals surface area contributed by atoms with E-state index < -0.39 is 6.10 Å². The highest BCUT2D eigenvalue weighted by Crippen LogP contribution is 2.43. The highest BCUT2D eigenvalue weighted by molar-refractivity contribution is 5.87. The first kappa shape index (κ1) is 20.4. The Kier molecular flexibility index (Phi) is 5.40. The van der Waals surface area contributed by atoms with E-state index >= 15 is 0 Å². The van der Waals surface area contributed by atoms with Crippen LogP contribution >= 0.6 is 0 Å². The van der Waals surface area contributed by atoms with Crippen LogP contribution in [0, 0.1) is 17.7 Å². The van der Waals surface area contributed by atoms with Crippen molar-refractivity contribution in [2.45, 2.75) is 38.3 Å². The Morgan fingerprint density at radius 3 is 2.68 bits per heavy atom. The molecule has 2 unspecified atom stereocenters. The summed E-state index contributed by atoms with van der Waals surface area (Å²) in [6, 6.07) is 14.2. The number of halogens is 1. The minimum absolute atomic E-state index is 0.111. The van der Waals surface area contributed by atoms with Gasteiger partial charge in [-0.3, -0.25) is 4.90 Å². The Balaban J connectivity index is 1.59. The van der Waals surface area contributed by atoms with E-state index in [2.05, 4.69) is 11.8 Å². The number of aliphatic hydroxyl groups is 1. The number of methoxy groups -OCH3 is 1. The molecule has 6 rings (SSSR count). The summed E-state index contributed by atoms with van der Waals surface area (Å²) < 4.78 is 18.9. The Hall–Kier alpha value is -2.50. The SMILES string of the molecule is CC[C@H]1CN2CC[C@@H]1CC2[C@@H](O)c1cc(-c2ccc(F)cc2)nc2ccc(OC)cc12. The molecule has 0 spiro atoms. The van der Waals surface area contributed by atoms with Gasteiger partial charge in [-0.15, -0.1) is 0 Å². The van der Waals surface area contributed by atoms with Crippen LogP contribution in [0.5, 0.6) is 5.75 Å². The first-order chi connectivity index (χ1) is 15.1. The number of pyridine rings is 1. The molecule has 4 heterocycles. The van der Waals surface area contributed by atoms with Crippen molar-refractivity contribution in [2.75, 3.05) is 20.2 Å². The van der Waals surface area contributed by atoms with Crippen molar-refractivity contribution in [2.24, 2.45) is 11.8 Å². The predicted octanol–water partition coefficient (Wildman–Crippen LogP) is 5.20. The van der Waals surface area contributed by atoms with Gasteiger partial charge in [0.05, 0.1) is 24.4 Å². The maximum atomic E-state index is 13.5. The zero-order valence-corrected chi connectivity index (χ0v) is 18.1. The Labute approximate surface area is 182 Å². The average Bonchev–Trinajstić information content (AvgIpc) is 2.83. The molecule has 162 valence electrons. The molecule has 2 aromatic carbocycles. The van der Waals surface area contributed by atoms with Crippen molar-refractivity contribution >= 4 is 10.9 Å². The minimum atomic E-state index is -0.614. The van der Waals surface area contributed by atoms with Gasteiger partial charge in [0.15, 0.2) is 0 Å². The van der Waals surface area contributed by atoms with Gasteiger partial charge >= 0.3 is 0 Å². The molecular weight excluding hydrogens is 391 g/mol. The van der Waals surface area contributed by atoms with Crippen LogP contribution in [0.1, 0.15) is 37.9 Å². The van der Waals surface area contributed by atoms with Crippen molar-refractivity contribution in [3.8, 4) is 17.0 Å². The molecule has 31 heavy (non-hydrogen) atoms. The number of nitrogens with zero attached hydrogens (tertiary/aromatic N) is 2. The zero-order valence-electron chi connectivity index (χ0n) is 18.1. The standard InChI is InChI=1S/C26H29FN2O2/c1-3-16-15-29-11-10-18(16)12-25(29)26(30)22-14-24(17-4-6-19(27)7-5-17)28-23-9-8-20(31-2)13-21(22)23/h4-9,13-14,16,18,25-26,30H,3,10-12,15H2,1-2H3/t16-,18+,25?,26-/m0/s1. The summed E-state index contributed by atoms with van der Waals surface area (Å²) in [6.07, 6.45) is 2.85. The van der Waals surface area contributed by atoms with Gasteiger partial charge in [0, 0.05) is 23.5 Å². The van der Waals surface area contributed by atoms with Gasteiger partial charge in [-0.25, -0.2) is 9.37 Å². The van der Waals surface area contributed by atoms with Crippen molar-refractivity contribution in [1.82, 2.24) is 9.88 Å². The summed E-state index contributed by atoms with van der Waals surface area (Å²) in [5.41, 5.74) is 3.26. The summed E-state index contributed by atoms with van der Waals surface area (Å²) in [7, 11) is 1.65. The molecule has 3 fully saturated rings. The number of rotatable bonds is 5. The number of hydrogen-bond donors (Lipinski definition) is 1. The molecule has 5 heteroatoms. The number of aromatic nitrogens is 1. The smallest absolute Gasteiger partial charge is 0.123 e. The first-order valence-electron chi connectivity index (χ1n) is 11.2. The largest absolute Gasteiger partial charge is 0.497 e. The first-order valence-corrected chi connectivity index (χ1v) is 11.2. The number of ether oxygens (including phenoxy) is 1. The molecular formula is C26H29FN2O2. The van der Waals surface area contributed by atoms with Gasteiger partial charge in [-0.1, -0.05) is 13.3 Å². The van der Waals surface area contributed by atoms with Crippen LogP contribution in [0.3, 0.4) is 0 Å². The van der Waals surface area contributed by atoms with Gasteiger partial charge in [-0.05, 0) is 85.3 Å². The molecule has 0 radical (unpaired) electrons. The monoisotopic (exact) mass is 420 g/mol. The van der Waals surface area contributed by atoms with E-state index in [0.717, 1.165) is 58.9 Å². The summed E-state index contributed by atoms with van der Waals surface area (Å²) in [6.45, 7) is 4.40. The molecule has 1 N–H and O–H groups in total. The number of fused-ring (bicyclic) bond motifs is 4. The Morgan fingerprint density at radius 2 is 2.00 bits per heavy atom. The van der Waals surface area contributed by atoms with E-state index in [-0.39, 0.29) is 11.9 Å². The van der Waals surface area contributed by atoms with Gasteiger partial charge in [-0.2, -0.15) is 0 Å². The molecule has 0 amide bonds. The third-order valence-corrected chi connectivity index (χ3v) is 7.33. The molecule has 2 bridgehead atoms. The fraction of sp³-hybridized carbons (Fsp3) is 0.423. The van der Waals surface area contributed by atoms with Crippen LogP contribution in [-0.2, 0) is 0 Å². The van der Waals surface area contributed by atoms with E-state index in [9.17, 15) is 9.50 Å². The van der Waals surface area contributed by atoms with E-state index in [1.165, 1.54) is 25.0 Å². The second-order valence-corrected chi connectivity index (χ2v) is 8.95. The molecule has 3 saturated heterocycles. The zero-order chi connectivity index (χ0) is 21.5. The lowest BCUT2D eigenvalue weighted by Crippen LogP contribution is -2.55. The summed E-state index contributed by atoms with van der Waals surface area (Å²) >= 11 is 0. The quantitative estimate of drug-likeness (QED) is 0.616. The molecule has 0 saturated carbocycles. The number of piperidine rings is 3. The third-order valence-electron chi connectivity index (χ3n) is 7.33. The molecule has 3 aromatic rings. The summed E-state index contributed by atoms with van der Waals surface area (Å²) in [5, 5.41) is 12.5. The van der Waals surface area contributed by atoms with Crippen LogP contribution < -0.4 is 4.74 Å². The Bertz CT molecular complexity index is 1080. The lowest BCUT2D eigenvalue weighted by molar-refractivity contribution is -0.0562. The van der Waals surface area contributed by atoms with Crippen molar-refractivity contribution in [3.63, 3.8) is 0 Å². The maximum absolute atomic E-state index is 13.5. The van der Waals surface area contributed by atoms with E-state index in [1.54, 1.807) is 19.2 Å². The van der Waals surface area contributed by atoms with Crippen molar-refractivity contribution < 1.29 is 14.2 Å². The van der Waals surface area contributed by atoms with E-state index in [1.807, 2.05) is 24.3 Å². The second kappa shape index (κ2) is 8.21. The second-order valence-electron chi connectivity index (χ2n) is 8.95. The lowest BCUT2D eigenvalue weighted by Gasteiger charge is -2.51. The lowest BCUT2D eigenvalue weighted by atomic mass is 9.72. The van der Waals surface area contributed by atoms with E-state index in [0.29, 0.717) is 5.92 Å². The molecule has 1 aromatic heterocycles. The Morgan fingerprint density at radius 1 is 1.19 bits per heavy atom. The summed E-state index contributed by atoms with van der Waals surface area (Å²) in [4.78, 5) is 7.28. The maximum Gasteiger partial charge on any atom is 0.123 e. The van der Waals surface area contributed by atoms with Gasteiger partial charge in [0.25, 0.3) is 0 Å². The van der Waals surface area contributed by atoms with Gasteiger partial charge in [0.2, 0.25) is 0 Å². The predicted molar refractivity (Wildman–Crippen MR) is 121 cm³/mol. The van der Waals surface area contributed by atoms with Crippen LogP contribution in [0.15, 0.2) is 48.5 Å². The highest BCUT2D eigenvalue weighted by atomic mass is 19.1. The normalized spacial score (nSPS) is 26.2. The highest BCUT2D eigenvalue weighted by Gasteiger charge is 2.42. The molecule has 4 nitrogen and oxygen atoms in total. The van der Waals surface area contributed by atoms with E-state index in [4.69, 9.17) is 9.72 Å². The van der Waals surface area contributed by atoms with Gasteiger partial charge in [0.1, 0.15) is 11.6 Å². The average molecular weight is 421 g/mol. The molecule has 0 aliphatic carbocycles. The fourth-order valence-corrected chi connectivity index (χ4v) is 5.55. The molecule has 3 aliphatic rings. The van der Waals surface area contributed by atoms with Crippen LogP contribution in [-0.4, -0.2) is 41.2 Å². The van der Waals surface area contributed by atoms with Gasteiger partial charge < -0.3 is 9.84 Å². The summed E-state index contributed by atoms with van der Waals surface area (Å²) in [5.74, 6) is 1.90.